The lowest BCUT2D eigenvalue weighted by molar-refractivity contribution is 0.239. The van der Waals surface area contributed by atoms with E-state index in [4.69, 9.17) is 10.5 Å². The standard InChI is InChI=1S/C15H19N3O/c16-15-11-14(12-5-1-2-6-13(12)17-15)19-10-9-18-7-3-4-8-18/h1-2,5-6,11H,3-4,7-10H2,(H2,16,17). The van der Waals surface area contributed by atoms with Crippen LogP contribution in [0.1, 0.15) is 12.8 Å². The Bertz CT molecular complexity index is 564. The van der Waals surface area contributed by atoms with Crippen LogP contribution >= 0.6 is 0 Å². The Morgan fingerprint density at radius 1 is 1.21 bits per heavy atom. The number of nitrogen functional groups attached to an aromatic ring is 1. The minimum atomic E-state index is 0.509. The molecule has 0 spiro atoms. The number of ether oxygens (including phenoxy) is 1. The summed E-state index contributed by atoms with van der Waals surface area (Å²) < 4.78 is 5.90. The molecule has 1 aromatic carbocycles. The number of hydrogen-bond donors (Lipinski definition) is 1. The summed E-state index contributed by atoms with van der Waals surface area (Å²) in [6.07, 6.45) is 2.62. The number of benzene rings is 1. The molecular formula is C15H19N3O. The number of aromatic nitrogens is 1. The Hall–Kier alpha value is -1.81. The van der Waals surface area contributed by atoms with Crippen LogP contribution in [-0.4, -0.2) is 36.1 Å². The summed E-state index contributed by atoms with van der Waals surface area (Å²) in [4.78, 5) is 6.75. The van der Waals surface area contributed by atoms with E-state index in [0.29, 0.717) is 12.4 Å². The van der Waals surface area contributed by atoms with Gasteiger partial charge in [-0.15, -0.1) is 0 Å². The van der Waals surface area contributed by atoms with Gasteiger partial charge in [-0.25, -0.2) is 4.98 Å². The molecule has 19 heavy (non-hydrogen) atoms. The molecule has 4 nitrogen and oxygen atoms in total. The van der Waals surface area contributed by atoms with E-state index < -0.39 is 0 Å². The molecule has 3 rings (SSSR count). The summed E-state index contributed by atoms with van der Waals surface area (Å²) in [5.41, 5.74) is 6.70. The van der Waals surface area contributed by atoms with Crippen LogP contribution in [0, 0.1) is 0 Å². The van der Waals surface area contributed by atoms with Gasteiger partial charge in [0.05, 0.1) is 5.52 Å². The lowest BCUT2D eigenvalue weighted by Crippen LogP contribution is -2.25. The Morgan fingerprint density at radius 2 is 2.00 bits per heavy atom. The lowest BCUT2D eigenvalue weighted by atomic mass is 10.2. The Morgan fingerprint density at radius 3 is 2.84 bits per heavy atom. The summed E-state index contributed by atoms with van der Waals surface area (Å²) in [5.74, 6) is 1.34. The van der Waals surface area contributed by atoms with Crippen molar-refractivity contribution in [1.29, 1.82) is 0 Å². The van der Waals surface area contributed by atoms with Gasteiger partial charge in [-0.05, 0) is 38.1 Å². The van der Waals surface area contributed by atoms with Gasteiger partial charge in [-0.1, -0.05) is 12.1 Å². The number of likely N-dealkylation sites (tertiary alicyclic amines) is 1. The van der Waals surface area contributed by atoms with E-state index >= 15 is 0 Å². The number of nitrogens with two attached hydrogens (primary N) is 1. The molecule has 1 fully saturated rings. The SMILES string of the molecule is Nc1cc(OCCN2CCCC2)c2ccccc2n1. The van der Waals surface area contributed by atoms with Gasteiger partial charge in [-0.2, -0.15) is 0 Å². The second kappa shape index (κ2) is 5.45. The van der Waals surface area contributed by atoms with Gasteiger partial charge < -0.3 is 10.5 Å². The van der Waals surface area contributed by atoms with Crippen molar-refractivity contribution in [1.82, 2.24) is 9.88 Å². The maximum atomic E-state index is 5.90. The quantitative estimate of drug-likeness (QED) is 0.913. The van der Waals surface area contributed by atoms with Gasteiger partial charge in [0.2, 0.25) is 0 Å². The Kier molecular flexibility index (Phi) is 3.51. The number of nitrogens with zero attached hydrogens (tertiary/aromatic N) is 2. The first-order valence-electron chi connectivity index (χ1n) is 6.83. The number of fused-ring (bicyclic) bond motifs is 1. The van der Waals surface area contributed by atoms with E-state index in [1.54, 1.807) is 0 Å². The fourth-order valence-corrected chi connectivity index (χ4v) is 2.57. The van der Waals surface area contributed by atoms with E-state index in [9.17, 15) is 0 Å². The van der Waals surface area contributed by atoms with Crippen molar-refractivity contribution in [3.8, 4) is 5.75 Å². The van der Waals surface area contributed by atoms with Crippen molar-refractivity contribution in [2.75, 3.05) is 32.0 Å². The number of rotatable bonds is 4. The predicted molar refractivity (Wildman–Crippen MR) is 77.3 cm³/mol. The molecule has 1 saturated heterocycles. The Balaban J connectivity index is 1.72. The van der Waals surface area contributed by atoms with Crippen LogP contribution in [0.4, 0.5) is 5.82 Å². The minimum absolute atomic E-state index is 0.509. The summed E-state index contributed by atoms with van der Waals surface area (Å²) in [5, 5.41) is 1.03. The molecule has 2 heterocycles. The van der Waals surface area contributed by atoms with E-state index in [1.807, 2.05) is 30.3 Å². The van der Waals surface area contributed by atoms with Gasteiger partial charge in [0, 0.05) is 18.0 Å². The predicted octanol–water partition coefficient (Wildman–Crippen LogP) is 2.29. The molecule has 0 unspecified atom stereocenters. The van der Waals surface area contributed by atoms with Crippen LogP contribution in [0.5, 0.6) is 5.75 Å². The molecule has 0 atom stereocenters. The van der Waals surface area contributed by atoms with Crippen LogP contribution in [-0.2, 0) is 0 Å². The van der Waals surface area contributed by atoms with Gasteiger partial charge in [0.15, 0.2) is 0 Å². The van der Waals surface area contributed by atoms with Crippen LogP contribution in [0.3, 0.4) is 0 Å². The molecule has 0 radical (unpaired) electrons. The first-order chi connectivity index (χ1) is 9.33. The zero-order valence-corrected chi connectivity index (χ0v) is 11.0. The average molecular weight is 257 g/mol. The van der Waals surface area contributed by atoms with Crippen molar-refractivity contribution in [2.45, 2.75) is 12.8 Å². The maximum Gasteiger partial charge on any atom is 0.132 e. The van der Waals surface area contributed by atoms with E-state index in [-0.39, 0.29) is 0 Å². The molecule has 100 valence electrons. The zero-order chi connectivity index (χ0) is 13.1. The molecule has 0 amide bonds. The summed E-state index contributed by atoms with van der Waals surface area (Å²) in [6, 6.07) is 9.74. The molecular weight excluding hydrogens is 238 g/mol. The van der Waals surface area contributed by atoms with Crippen molar-refractivity contribution in [3.63, 3.8) is 0 Å². The third kappa shape index (κ3) is 2.79. The van der Waals surface area contributed by atoms with E-state index in [1.165, 1.54) is 25.9 Å². The third-order valence-electron chi connectivity index (χ3n) is 3.56. The zero-order valence-electron chi connectivity index (χ0n) is 11.0. The van der Waals surface area contributed by atoms with E-state index in [2.05, 4.69) is 9.88 Å². The fraction of sp³-hybridized carbons (Fsp3) is 0.400. The van der Waals surface area contributed by atoms with Gasteiger partial charge in [0.25, 0.3) is 0 Å². The van der Waals surface area contributed by atoms with Crippen molar-refractivity contribution < 1.29 is 4.74 Å². The topological polar surface area (TPSA) is 51.4 Å². The molecule has 1 aliphatic rings. The first-order valence-corrected chi connectivity index (χ1v) is 6.83. The fourth-order valence-electron chi connectivity index (χ4n) is 2.57. The summed E-state index contributed by atoms with van der Waals surface area (Å²) in [6.45, 7) is 4.08. The molecule has 2 N–H and O–H groups in total. The molecule has 0 aliphatic carbocycles. The molecule has 2 aromatic rings. The smallest absolute Gasteiger partial charge is 0.132 e. The third-order valence-corrected chi connectivity index (χ3v) is 3.56. The summed E-state index contributed by atoms with van der Waals surface area (Å²) in [7, 11) is 0. The minimum Gasteiger partial charge on any atom is -0.491 e. The van der Waals surface area contributed by atoms with E-state index in [0.717, 1.165) is 23.2 Å². The monoisotopic (exact) mass is 257 g/mol. The maximum absolute atomic E-state index is 5.90. The number of pyridine rings is 1. The van der Waals surface area contributed by atoms with Crippen molar-refractivity contribution in [3.05, 3.63) is 30.3 Å². The van der Waals surface area contributed by atoms with Gasteiger partial charge >= 0.3 is 0 Å². The van der Waals surface area contributed by atoms with Crippen LogP contribution in [0.25, 0.3) is 10.9 Å². The first kappa shape index (κ1) is 12.2. The molecule has 1 aromatic heterocycles. The molecule has 4 heteroatoms. The Labute approximate surface area is 113 Å². The normalized spacial score (nSPS) is 16.0. The van der Waals surface area contributed by atoms with Crippen LogP contribution in [0.15, 0.2) is 30.3 Å². The highest BCUT2D eigenvalue weighted by atomic mass is 16.5. The molecule has 1 aliphatic heterocycles. The van der Waals surface area contributed by atoms with Crippen molar-refractivity contribution >= 4 is 16.7 Å². The van der Waals surface area contributed by atoms with Crippen LogP contribution < -0.4 is 10.5 Å². The number of anilines is 1. The number of hydrogen-bond acceptors (Lipinski definition) is 4. The molecule has 0 saturated carbocycles. The van der Waals surface area contributed by atoms with Gasteiger partial charge in [-0.3, -0.25) is 4.90 Å². The largest absolute Gasteiger partial charge is 0.491 e. The van der Waals surface area contributed by atoms with Crippen molar-refractivity contribution in [2.24, 2.45) is 0 Å². The summed E-state index contributed by atoms with van der Waals surface area (Å²) >= 11 is 0. The highest BCUT2D eigenvalue weighted by Gasteiger charge is 2.11. The highest BCUT2D eigenvalue weighted by Crippen LogP contribution is 2.26. The van der Waals surface area contributed by atoms with Crippen LogP contribution in [0.2, 0.25) is 0 Å². The second-order valence-electron chi connectivity index (χ2n) is 4.96. The number of para-hydroxylation sites is 1. The lowest BCUT2D eigenvalue weighted by Gasteiger charge is -2.15. The average Bonchev–Trinajstić information content (AvgIpc) is 2.91. The highest BCUT2D eigenvalue weighted by molar-refractivity contribution is 5.86. The second-order valence-corrected chi connectivity index (χ2v) is 4.96. The van der Waals surface area contributed by atoms with Gasteiger partial charge in [0.1, 0.15) is 18.2 Å². The molecule has 0 bridgehead atoms.